The number of methoxy groups -OCH3 is 1. The number of phenols is 1. The molecule has 0 spiro atoms. The van der Waals surface area contributed by atoms with Gasteiger partial charge in [0.05, 0.1) is 7.11 Å². The lowest BCUT2D eigenvalue weighted by Crippen LogP contribution is -2.45. The number of carbonyl (C=O) groups is 2. The lowest BCUT2D eigenvalue weighted by atomic mass is 9.63. The Morgan fingerprint density at radius 2 is 1.43 bits per heavy atom. The Kier molecular flexibility index (Phi) is 6.29. The molecular weight excluding hydrogens is 462 g/mol. The number of hydrogen-bond donors (Lipinski definition) is 1. The fourth-order valence-corrected chi connectivity index (χ4v) is 6.41. The largest absolute Gasteiger partial charge is 0.504 e. The number of aromatic hydroxyl groups is 1. The molecule has 1 N–H and O–H groups in total. The maximum absolute atomic E-state index is 13.9. The van der Waals surface area contributed by atoms with Crippen LogP contribution in [0.25, 0.3) is 0 Å². The highest BCUT2D eigenvalue weighted by Crippen LogP contribution is 2.54. The number of rotatable bonds is 5. The second-order valence-electron chi connectivity index (χ2n) is 12.4. The van der Waals surface area contributed by atoms with E-state index in [9.17, 15) is 14.7 Å². The minimum Gasteiger partial charge on any atom is -0.504 e. The van der Waals surface area contributed by atoms with Gasteiger partial charge in [0.15, 0.2) is 23.1 Å². The molecule has 194 valence electrons. The van der Waals surface area contributed by atoms with Crippen LogP contribution >= 0.6 is 0 Å². The first-order valence-corrected chi connectivity index (χ1v) is 13.2. The average Bonchev–Trinajstić information content (AvgIpc) is 2.82. The molecule has 2 aromatic carbocycles. The molecular formula is C32H37NO4. The Hall–Kier alpha value is -3.34. The van der Waals surface area contributed by atoms with Gasteiger partial charge in [0.25, 0.3) is 0 Å². The number of phenolic OH excluding ortho intramolecular Hbond substituents is 1. The van der Waals surface area contributed by atoms with Crippen molar-refractivity contribution in [2.45, 2.75) is 65.7 Å². The topological polar surface area (TPSA) is 66.8 Å². The van der Waals surface area contributed by atoms with E-state index in [1.165, 1.54) is 12.7 Å². The summed E-state index contributed by atoms with van der Waals surface area (Å²) < 4.78 is 5.41. The maximum Gasteiger partial charge on any atom is 0.162 e. The van der Waals surface area contributed by atoms with E-state index in [0.717, 1.165) is 53.9 Å². The van der Waals surface area contributed by atoms with Crippen LogP contribution in [-0.2, 0) is 16.0 Å². The SMILES string of the molecule is COc1cc(C2C3=C(CC(C)(C)CC3=O)N(CCc3ccccc3)C3=C2C(=O)CC(C)(C)C3)ccc1O. The zero-order chi connectivity index (χ0) is 26.5. The van der Waals surface area contributed by atoms with Crippen LogP contribution in [0.4, 0.5) is 0 Å². The van der Waals surface area contributed by atoms with E-state index in [2.05, 4.69) is 56.9 Å². The zero-order valence-electron chi connectivity index (χ0n) is 22.6. The predicted octanol–water partition coefficient (Wildman–Crippen LogP) is 6.33. The van der Waals surface area contributed by atoms with Gasteiger partial charge in [-0.1, -0.05) is 64.1 Å². The normalized spacial score (nSPS) is 21.2. The third-order valence-electron chi connectivity index (χ3n) is 8.03. The summed E-state index contributed by atoms with van der Waals surface area (Å²) in [6, 6.07) is 15.6. The Labute approximate surface area is 219 Å². The van der Waals surface area contributed by atoms with Crippen molar-refractivity contribution in [3.05, 3.63) is 82.2 Å². The fraction of sp³-hybridized carbons (Fsp3) is 0.438. The molecule has 0 amide bonds. The Bertz CT molecular complexity index is 1260. The van der Waals surface area contributed by atoms with Gasteiger partial charge in [-0.2, -0.15) is 0 Å². The van der Waals surface area contributed by atoms with Crippen LogP contribution in [0.1, 0.15) is 70.4 Å². The fourth-order valence-electron chi connectivity index (χ4n) is 6.41. The third-order valence-corrected chi connectivity index (χ3v) is 8.03. The van der Waals surface area contributed by atoms with Gasteiger partial charge in [-0.3, -0.25) is 9.59 Å². The van der Waals surface area contributed by atoms with Crippen molar-refractivity contribution >= 4 is 11.6 Å². The van der Waals surface area contributed by atoms with Crippen molar-refractivity contribution in [2.75, 3.05) is 13.7 Å². The number of ketones is 2. The first-order valence-electron chi connectivity index (χ1n) is 13.2. The van der Waals surface area contributed by atoms with Crippen LogP contribution in [0.15, 0.2) is 71.1 Å². The molecule has 0 saturated heterocycles. The molecule has 0 radical (unpaired) electrons. The number of hydrogen-bond acceptors (Lipinski definition) is 5. The number of Topliss-reactive ketones (excluding diaryl/α,β-unsaturated/α-hetero) is 2. The van der Waals surface area contributed by atoms with Crippen LogP contribution in [0, 0.1) is 10.8 Å². The number of ether oxygens (including phenoxy) is 1. The summed E-state index contributed by atoms with van der Waals surface area (Å²) in [4.78, 5) is 30.1. The van der Waals surface area contributed by atoms with Crippen LogP contribution in [-0.4, -0.2) is 35.2 Å². The Morgan fingerprint density at radius 1 is 0.865 bits per heavy atom. The van der Waals surface area contributed by atoms with Crippen molar-refractivity contribution in [1.82, 2.24) is 4.90 Å². The van der Waals surface area contributed by atoms with E-state index < -0.39 is 5.92 Å². The summed E-state index contributed by atoms with van der Waals surface area (Å²) in [5.41, 5.74) is 5.32. The second-order valence-corrected chi connectivity index (χ2v) is 12.4. The third kappa shape index (κ3) is 4.72. The summed E-state index contributed by atoms with van der Waals surface area (Å²) in [6.07, 6.45) is 3.29. The highest BCUT2D eigenvalue weighted by molar-refractivity contribution is 6.06. The molecule has 2 aliphatic carbocycles. The average molecular weight is 500 g/mol. The molecule has 2 aromatic rings. The van der Waals surface area contributed by atoms with Crippen LogP contribution in [0.3, 0.4) is 0 Å². The molecule has 3 aliphatic rings. The number of carbonyl (C=O) groups excluding carboxylic acids is 2. The molecule has 37 heavy (non-hydrogen) atoms. The van der Waals surface area contributed by atoms with E-state index in [-0.39, 0.29) is 28.1 Å². The van der Waals surface area contributed by atoms with Crippen LogP contribution < -0.4 is 4.74 Å². The standard InChI is InChI=1S/C32H37NO4/c1-31(2)16-22-29(25(35)18-31)28(21-11-12-24(34)27(15-21)37-5)30-23(17-32(3,4)19-26(30)36)33(22)14-13-20-9-7-6-8-10-20/h6-12,15,28,34H,13-14,16-19H2,1-5H3. The summed E-state index contributed by atoms with van der Waals surface area (Å²) in [6.45, 7) is 9.34. The van der Waals surface area contributed by atoms with E-state index >= 15 is 0 Å². The van der Waals surface area contributed by atoms with Gasteiger partial charge >= 0.3 is 0 Å². The van der Waals surface area contributed by atoms with Gasteiger partial charge in [0, 0.05) is 47.8 Å². The van der Waals surface area contributed by atoms with Crippen molar-refractivity contribution < 1.29 is 19.4 Å². The Morgan fingerprint density at radius 3 is 1.97 bits per heavy atom. The second kappa shape index (κ2) is 9.20. The molecule has 5 heteroatoms. The van der Waals surface area contributed by atoms with E-state index in [1.54, 1.807) is 12.1 Å². The molecule has 5 rings (SSSR count). The maximum atomic E-state index is 13.9. The van der Waals surface area contributed by atoms with Crippen LogP contribution in [0.2, 0.25) is 0 Å². The van der Waals surface area contributed by atoms with Gasteiger partial charge in [0.1, 0.15) is 0 Å². The molecule has 0 fully saturated rings. The van der Waals surface area contributed by atoms with Gasteiger partial charge in [0.2, 0.25) is 0 Å². The summed E-state index contributed by atoms with van der Waals surface area (Å²) in [5, 5.41) is 10.3. The molecule has 5 nitrogen and oxygen atoms in total. The van der Waals surface area contributed by atoms with Gasteiger partial charge in [-0.05, 0) is 53.4 Å². The van der Waals surface area contributed by atoms with Gasteiger partial charge in [-0.25, -0.2) is 0 Å². The van der Waals surface area contributed by atoms with E-state index in [4.69, 9.17) is 4.74 Å². The number of allylic oxidation sites excluding steroid dienone is 4. The predicted molar refractivity (Wildman–Crippen MR) is 144 cm³/mol. The van der Waals surface area contributed by atoms with E-state index in [1.807, 2.05) is 12.1 Å². The lowest BCUT2D eigenvalue weighted by molar-refractivity contribution is -0.119. The smallest absolute Gasteiger partial charge is 0.162 e. The first-order chi connectivity index (χ1) is 17.5. The van der Waals surface area contributed by atoms with E-state index in [0.29, 0.717) is 18.6 Å². The van der Waals surface area contributed by atoms with Gasteiger partial charge in [-0.15, -0.1) is 0 Å². The molecule has 1 aliphatic heterocycles. The lowest BCUT2D eigenvalue weighted by Gasteiger charge is -2.49. The Balaban J connectivity index is 1.71. The molecule has 0 saturated carbocycles. The molecule has 0 atom stereocenters. The zero-order valence-corrected chi connectivity index (χ0v) is 22.6. The van der Waals surface area contributed by atoms with Gasteiger partial charge < -0.3 is 14.7 Å². The van der Waals surface area contributed by atoms with Crippen molar-refractivity contribution in [3.8, 4) is 11.5 Å². The number of nitrogens with zero attached hydrogens (tertiary/aromatic N) is 1. The van der Waals surface area contributed by atoms with Crippen molar-refractivity contribution in [2.24, 2.45) is 10.8 Å². The monoisotopic (exact) mass is 499 g/mol. The molecule has 1 heterocycles. The molecule has 0 aromatic heterocycles. The highest BCUT2D eigenvalue weighted by atomic mass is 16.5. The quantitative estimate of drug-likeness (QED) is 0.521. The summed E-state index contributed by atoms with van der Waals surface area (Å²) >= 11 is 0. The summed E-state index contributed by atoms with van der Waals surface area (Å²) in [5.74, 6) is 0.164. The van der Waals surface area contributed by atoms with Crippen LogP contribution in [0.5, 0.6) is 11.5 Å². The number of benzene rings is 2. The molecule has 0 bridgehead atoms. The van der Waals surface area contributed by atoms with Crippen molar-refractivity contribution in [3.63, 3.8) is 0 Å². The minimum atomic E-state index is -0.445. The highest BCUT2D eigenvalue weighted by Gasteiger charge is 2.48. The summed E-state index contributed by atoms with van der Waals surface area (Å²) in [7, 11) is 1.52. The molecule has 0 unspecified atom stereocenters. The van der Waals surface area contributed by atoms with Crippen molar-refractivity contribution in [1.29, 1.82) is 0 Å². The minimum absolute atomic E-state index is 0.0437. The first kappa shape index (κ1) is 25.3.